The average Bonchev–Trinajstić information content (AvgIpc) is 3.37. The van der Waals surface area contributed by atoms with Gasteiger partial charge in [0.25, 0.3) is 0 Å². The molecule has 0 saturated heterocycles. The maximum absolute atomic E-state index is 13.1. The molecule has 0 spiro atoms. The number of carbonyl (C=O) groups excluding carboxylic acids is 2. The number of benzene rings is 2. The molecule has 2 aromatic carbocycles. The number of aliphatic hydroxyl groups excluding tert-OH is 1. The van der Waals surface area contributed by atoms with Crippen LogP contribution in [-0.2, 0) is 0 Å². The van der Waals surface area contributed by atoms with Crippen molar-refractivity contribution in [2.24, 2.45) is 0 Å². The minimum Gasteiger partial charge on any atom is -0.497 e. The quantitative estimate of drug-likeness (QED) is 0.184. The van der Waals surface area contributed by atoms with E-state index in [2.05, 4.69) is 18.0 Å². The summed E-state index contributed by atoms with van der Waals surface area (Å²) in [6, 6.07) is 14.5. The minimum absolute atomic E-state index is 0.0129. The Hall–Kier alpha value is -3.75. The number of methoxy groups -OCH3 is 2. The van der Waals surface area contributed by atoms with Gasteiger partial charge in [0.1, 0.15) is 11.4 Å². The third-order valence-electron chi connectivity index (χ3n) is 6.02. The standard InChI is InChI=1S/C29H29NO6S/c1-18-6-4-7-21-22(17-37-29(18)21)23-15-20(34-2)16-24(30-23)26(33)10-9-25(32)19-8-11-27(28(14-19)35-3)36-13-5-12-31/h4,6-8,11,14-17,31H,5,9-10,12-13H2,1-3H3. The number of Topliss-reactive ketones (excluding diaryl/α,β-unsaturated/α-hetero) is 2. The normalized spacial score (nSPS) is 10.9. The molecule has 2 aromatic heterocycles. The summed E-state index contributed by atoms with van der Waals surface area (Å²) < 4.78 is 17.6. The number of thiophene rings is 1. The Morgan fingerprint density at radius 3 is 2.54 bits per heavy atom. The molecule has 0 amide bonds. The Labute approximate surface area is 219 Å². The fourth-order valence-electron chi connectivity index (χ4n) is 4.01. The zero-order valence-electron chi connectivity index (χ0n) is 21.1. The number of aryl methyl sites for hydroxylation is 1. The number of hydrogen-bond donors (Lipinski definition) is 1. The highest BCUT2D eigenvalue weighted by atomic mass is 32.1. The number of nitrogens with zero attached hydrogens (tertiary/aromatic N) is 1. The first-order valence-corrected chi connectivity index (χ1v) is 12.8. The molecule has 0 bridgehead atoms. The van der Waals surface area contributed by atoms with E-state index in [1.807, 2.05) is 23.6 Å². The SMILES string of the molecule is COc1cc(C(=O)CCC(=O)c2ccc(OCCCO)c(OC)c2)nc(-c2csc3c(C)cccc23)c1. The highest BCUT2D eigenvalue weighted by Gasteiger charge is 2.18. The summed E-state index contributed by atoms with van der Waals surface area (Å²) in [4.78, 5) is 30.6. The highest BCUT2D eigenvalue weighted by molar-refractivity contribution is 7.18. The third kappa shape index (κ3) is 5.98. The molecule has 0 radical (unpaired) electrons. The van der Waals surface area contributed by atoms with Crippen LogP contribution in [-0.4, -0.2) is 49.1 Å². The van der Waals surface area contributed by atoms with Crippen LogP contribution in [0.25, 0.3) is 21.3 Å². The van der Waals surface area contributed by atoms with Crippen molar-refractivity contribution in [3.05, 3.63) is 70.7 Å². The highest BCUT2D eigenvalue weighted by Crippen LogP contribution is 2.36. The first-order chi connectivity index (χ1) is 17.9. The molecule has 8 heteroatoms. The molecule has 0 atom stereocenters. The maximum Gasteiger partial charge on any atom is 0.181 e. The van der Waals surface area contributed by atoms with Gasteiger partial charge in [-0.15, -0.1) is 11.3 Å². The number of fused-ring (bicyclic) bond motifs is 1. The van der Waals surface area contributed by atoms with Crippen LogP contribution in [0.2, 0.25) is 0 Å². The number of hydrogen-bond acceptors (Lipinski definition) is 8. The first-order valence-electron chi connectivity index (χ1n) is 12.0. The Balaban J connectivity index is 1.50. The summed E-state index contributed by atoms with van der Waals surface area (Å²) in [5.41, 5.74) is 3.49. The lowest BCUT2D eigenvalue weighted by Gasteiger charge is -2.11. The molecule has 4 rings (SSSR count). The first kappa shape index (κ1) is 26.3. The van der Waals surface area contributed by atoms with Gasteiger partial charge in [0.15, 0.2) is 23.1 Å². The minimum atomic E-state index is -0.236. The maximum atomic E-state index is 13.1. The number of aliphatic hydroxyl groups is 1. The van der Waals surface area contributed by atoms with Crippen LogP contribution in [0.15, 0.2) is 53.9 Å². The second-order valence-corrected chi connectivity index (χ2v) is 9.40. The van der Waals surface area contributed by atoms with E-state index in [9.17, 15) is 9.59 Å². The van der Waals surface area contributed by atoms with E-state index in [-0.39, 0.29) is 36.7 Å². The van der Waals surface area contributed by atoms with Crippen molar-refractivity contribution in [2.45, 2.75) is 26.2 Å². The molecule has 0 aliphatic rings. The summed E-state index contributed by atoms with van der Waals surface area (Å²) in [6.45, 7) is 2.44. The van der Waals surface area contributed by atoms with Crippen molar-refractivity contribution in [2.75, 3.05) is 27.4 Å². The van der Waals surface area contributed by atoms with E-state index in [0.29, 0.717) is 41.5 Å². The molecule has 1 N–H and O–H groups in total. The van der Waals surface area contributed by atoms with Crippen LogP contribution in [0.4, 0.5) is 0 Å². The molecule has 0 aliphatic carbocycles. The summed E-state index contributed by atoms with van der Waals surface area (Å²) in [7, 11) is 3.05. The Morgan fingerprint density at radius 1 is 0.973 bits per heavy atom. The number of ketones is 2. The van der Waals surface area contributed by atoms with Crippen LogP contribution in [0.5, 0.6) is 17.2 Å². The van der Waals surface area contributed by atoms with Gasteiger partial charge in [0.05, 0.1) is 26.5 Å². The lowest BCUT2D eigenvalue weighted by Crippen LogP contribution is -2.08. The zero-order valence-corrected chi connectivity index (χ0v) is 21.9. The lowest BCUT2D eigenvalue weighted by atomic mass is 10.0. The van der Waals surface area contributed by atoms with Gasteiger partial charge >= 0.3 is 0 Å². The molecule has 192 valence electrons. The van der Waals surface area contributed by atoms with Crippen molar-refractivity contribution >= 4 is 33.0 Å². The Morgan fingerprint density at radius 2 is 1.78 bits per heavy atom. The van der Waals surface area contributed by atoms with Gasteiger partial charge in [-0.05, 0) is 30.7 Å². The third-order valence-corrected chi connectivity index (χ3v) is 7.15. The van der Waals surface area contributed by atoms with Crippen molar-refractivity contribution < 1.29 is 28.9 Å². The average molecular weight is 520 g/mol. The predicted octanol–water partition coefficient (Wildman–Crippen LogP) is 5.90. The second kappa shape index (κ2) is 12.0. The predicted molar refractivity (Wildman–Crippen MR) is 144 cm³/mol. The van der Waals surface area contributed by atoms with E-state index in [4.69, 9.17) is 19.3 Å². The molecule has 0 fully saturated rings. The van der Waals surface area contributed by atoms with Crippen LogP contribution in [0.1, 0.15) is 45.7 Å². The van der Waals surface area contributed by atoms with Gasteiger partial charge < -0.3 is 19.3 Å². The van der Waals surface area contributed by atoms with Crippen molar-refractivity contribution in [1.82, 2.24) is 4.98 Å². The van der Waals surface area contributed by atoms with Crippen molar-refractivity contribution in [3.8, 4) is 28.5 Å². The largest absolute Gasteiger partial charge is 0.497 e. The van der Waals surface area contributed by atoms with Crippen LogP contribution in [0.3, 0.4) is 0 Å². The van der Waals surface area contributed by atoms with Crippen molar-refractivity contribution in [3.63, 3.8) is 0 Å². The van der Waals surface area contributed by atoms with Gasteiger partial charge in [-0.2, -0.15) is 0 Å². The summed E-state index contributed by atoms with van der Waals surface area (Å²) >= 11 is 1.64. The van der Waals surface area contributed by atoms with Gasteiger partial charge in [-0.25, -0.2) is 4.98 Å². The second-order valence-electron chi connectivity index (χ2n) is 8.52. The molecule has 0 aliphatic heterocycles. The van der Waals surface area contributed by atoms with Gasteiger partial charge in [-0.1, -0.05) is 18.2 Å². The Kier molecular flexibility index (Phi) is 8.53. The van der Waals surface area contributed by atoms with E-state index in [1.165, 1.54) is 17.4 Å². The summed E-state index contributed by atoms with van der Waals surface area (Å²) in [5, 5.41) is 12.0. The molecule has 0 unspecified atom stereocenters. The van der Waals surface area contributed by atoms with Gasteiger partial charge in [0.2, 0.25) is 0 Å². The molecule has 7 nitrogen and oxygen atoms in total. The number of ether oxygens (including phenoxy) is 3. The molecular formula is C29H29NO6S. The van der Waals surface area contributed by atoms with Crippen LogP contribution < -0.4 is 14.2 Å². The van der Waals surface area contributed by atoms with E-state index >= 15 is 0 Å². The summed E-state index contributed by atoms with van der Waals surface area (Å²) in [6.07, 6.45) is 0.536. The number of rotatable bonds is 12. The zero-order chi connectivity index (χ0) is 26.4. The van der Waals surface area contributed by atoms with Gasteiger partial charge in [-0.3, -0.25) is 9.59 Å². The Bertz CT molecular complexity index is 1430. The number of aromatic nitrogens is 1. The lowest BCUT2D eigenvalue weighted by molar-refractivity contribution is 0.0914. The molecular weight excluding hydrogens is 490 g/mol. The smallest absolute Gasteiger partial charge is 0.181 e. The van der Waals surface area contributed by atoms with E-state index < -0.39 is 0 Å². The van der Waals surface area contributed by atoms with Crippen LogP contribution >= 0.6 is 11.3 Å². The molecule has 37 heavy (non-hydrogen) atoms. The monoisotopic (exact) mass is 519 g/mol. The fraction of sp³-hybridized carbons (Fsp3) is 0.276. The van der Waals surface area contributed by atoms with Crippen molar-refractivity contribution in [1.29, 1.82) is 0 Å². The number of carbonyl (C=O) groups is 2. The van der Waals surface area contributed by atoms with Crippen LogP contribution in [0, 0.1) is 6.92 Å². The number of pyridine rings is 1. The van der Waals surface area contributed by atoms with E-state index in [0.717, 1.165) is 10.9 Å². The topological polar surface area (TPSA) is 95.0 Å². The fourth-order valence-corrected chi connectivity index (χ4v) is 5.05. The van der Waals surface area contributed by atoms with Gasteiger partial charge in [0, 0.05) is 64.6 Å². The molecule has 4 aromatic rings. The summed E-state index contributed by atoms with van der Waals surface area (Å²) in [5.74, 6) is 1.03. The van der Waals surface area contributed by atoms with E-state index in [1.54, 1.807) is 42.7 Å². The molecule has 2 heterocycles. The molecule has 0 saturated carbocycles.